The first-order chi connectivity index (χ1) is 15.2. The third kappa shape index (κ3) is 4.03. The summed E-state index contributed by atoms with van der Waals surface area (Å²) >= 11 is 0. The lowest BCUT2D eigenvalue weighted by Gasteiger charge is -2.15. The third-order valence-electron chi connectivity index (χ3n) is 5.37. The Kier molecular flexibility index (Phi) is 5.61. The van der Waals surface area contributed by atoms with Gasteiger partial charge in [-0.1, -0.05) is 32.0 Å². The van der Waals surface area contributed by atoms with Crippen LogP contribution >= 0.6 is 0 Å². The number of H-pyrrole nitrogens is 1. The molecule has 8 heteroatoms. The number of halogens is 1. The van der Waals surface area contributed by atoms with Crippen LogP contribution in [-0.4, -0.2) is 25.5 Å². The lowest BCUT2D eigenvalue weighted by atomic mass is 9.99. The standard InChI is InChI=1S/C24H24FN5O2/c1-13(2)20-18(23(31)27-15(4)16-6-8-17(25)9-7-16)12-30-21(20)24(32)28-22(29-30)19-10-5-14(3)11-26-19/h5-13,15H,1-4H3,(H,27,31)(H,28,29,32). The number of pyridine rings is 1. The molecule has 0 radical (unpaired) electrons. The smallest absolute Gasteiger partial charge is 0.275 e. The van der Waals surface area contributed by atoms with Crippen molar-refractivity contribution in [2.24, 2.45) is 0 Å². The monoisotopic (exact) mass is 433 g/mol. The van der Waals surface area contributed by atoms with Crippen LogP contribution in [0.15, 0.2) is 53.6 Å². The molecule has 0 aliphatic rings. The van der Waals surface area contributed by atoms with Crippen LogP contribution in [0.3, 0.4) is 0 Å². The van der Waals surface area contributed by atoms with E-state index in [1.54, 1.807) is 30.6 Å². The van der Waals surface area contributed by atoms with Gasteiger partial charge in [0.25, 0.3) is 11.5 Å². The van der Waals surface area contributed by atoms with Gasteiger partial charge in [0, 0.05) is 18.0 Å². The van der Waals surface area contributed by atoms with Crippen molar-refractivity contribution in [2.75, 3.05) is 0 Å². The Morgan fingerprint density at radius 2 is 1.84 bits per heavy atom. The molecule has 0 aliphatic carbocycles. The first-order valence-corrected chi connectivity index (χ1v) is 10.4. The number of amides is 1. The quantitative estimate of drug-likeness (QED) is 0.495. The van der Waals surface area contributed by atoms with Gasteiger partial charge in [-0.15, -0.1) is 5.10 Å². The van der Waals surface area contributed by atoms with E-state index < -0.39 is 0 Å². The van der Waals surface area contributed by atoms with Crippen molar-refractivity contribution in [1.82, 2.24) is 24.9 Å². The van der Waals surface area contributed by atoms with E-state index in [2.05, 4.69) is 20.4 Å². The summed E-state index contributed by atoms with van der Waals surface area (Å²) < 4.78 is 14.7. The molecule has 0 bridgehead atoms. The largest absolute Gasteiger partial charge is 0.345 e. The Hall–Kier alpha value is -3.81. The van der Waals surface area contributed by atoms with Gasteiger partial charge in [0.15, 0.2) is 5.82 Å². The highest BCUT2D eigenvalue weighted by molar-refractivity contribution is 5.98. The van der Waals surface area contributed by atoms with Crippen LogP contribution in [-0.2, 0) is 0 Å². The minimum absolute atomic E-state index is 0.0897. The maximum Gasteiger partial charge on any atom is 0.275 e. The van der Waals surface area contributed by atoms with Gasteiger partial charge >= 0.3 is 0 Å². The van der Waals surface area contributed by atoms with Crippen LogP contribution in [0.2, 0.25) is 0 Å². The molecule has 7 nitrogen and oxygen atoms in total. The van der Waals surface area contributed by atoms with E-state index in [4.69, 9.17) is 0 Å². The molecule has 1 amide bonds. The number of carbonyl (C=O) groups is 1. The highest BCUT2D eigenvalue weighted by atomic mass is 19.1. The van der Waals surface area contributed by atoms with Crippen LogP contribution in [0.1, 0.15) is 59.8 Å². The Morgan fingerprint density at radius 3 is 2.47 bits per heavy atom. The molecule has 4 aromatic rings. The lowest BCUT2D eigenvalue weighted by Crippen LogP contribution is -2.27. The van der Waals surface area contributed by atoms with Crippen molar-refractivity contribution >= 4 is 11.4 Å². The zero-order valence-corrected chi connectivity index (χ0v) is 18.3. The maximum absolute atomic E-state index is 13.2. The highest BCUT2D eigenvalue weighted by Crippen LogP contribution is 2.26. The summed E-state index contributed by atoms with van der Waals surface area (Å²) in [4.78, 5) is 33.2. The SMILES string of the molecule is Cc1ccc(-c2nn3cc(C(=O)NC(C)c4ccc(F)cc4)c(C(C)C)c3c(=O)[nH]2)nc1. The minimum atomic E-state index is -0.343. The second kappa shape index (κ2) is 8.37. The van der Waals surface area contributed by atoms with Gasteiger partial charge in [0.05, 0.1) is 11.6 Å². The average molecular weight is 433 g/mol. The molecule has 4 rings (SSSR count). The van der Waals surface area contributed by atoms with Gasteiger partial charge < -0.3 is 10.3 Å². The normalized spacial score (nSPS) is 12.3. The fourth-order valence-corrected chi connectivity index (χ4v) is 3.71. The second-order valence-corrected chi connectivity index (χ2v) is 8.17. The third-order valence-corrected chi connectivity index (χ3v) is 5.37. The van der Waals surface area contributed by atoms with E-state index in [0.29, 0.717) is 28.2 Å². The molecule has 32 heavy (non-hydrogen) atoms. The van der Waals surface area contributed by atoms with Gasteiger partial charge in [-0.05, 0) is 49.1 Å². The van der Waals surface area contributed by atoms with E-state index in [1.165, 1.54) is 16.6 Å². The molecule has 0 saturated carbocycles. The van der Waals surface area contributed by atoms with Crippen molar-refractivity contribution < 1.29 is 9.18 Å². The number of carbonyl (C=O) groups excluding carboxylic acids is 1. The maximum atomic E-state index is 13.2. The van der Waals surface area contributed by atoms with Crippen LogP contribution in [0.5, 0.6) is 0 Å². The summed E-state index contributed by atoms with van der Waals surface area (Å²) in [6, 6.07) is 9.30. The summed E-state index contributed by atoms with van der Waals surface area (Å²) in [7, 11) is 0. The first kappa shape index (κ1) is 21.4. The predicted octanol–water partition coefficient (Wildman–Crippen LogP) is 4.15. The number of aromatic nitrogens is 4. The molecule has 0 saturated heterocycles. The molecule has 1 atom stereocenters. The van der Waals surface area contributed by atoms with Gasteiger partial charge in [-0.2, -0.15) is 0 Å². The fraction of sp³-hybridized carbons (Fsp3) is 0.250. The predicted molar refractivity (Wildman–Crippen MR) is 120 cm³/mol. The Bertz CT molecular complexity index is 1340. The summed E-state index contributed by atoms with van der Waals surface area (Å²) in [5.41, 5.74) is 3.28. The summed E-state index contributed by atoms with van der Waals surface area (Å²) in [5, 5.41) is 7.44. The molecular formula is C24H24FN5O2. The van der Waals surface area contributed by atoms with Crippen molar-refractivity contribution in [2.45, 2.75) is 39.7 Å². The van der Waals surface area contributed by atoms with Crippen LogP contribution in [0.4, 0.5) is 4.39 Å². The lowest BCUT2D eigenvalue weighted by molar-refractivity contribution is 0.0938. The van der Waals surface area contributed by atoms with Gasteiger partial charge in [-0.3, -0.25) is 14.6 Å². The molecule has 164 valence electrons. The fourth-order valence-electron chi connectivity index (χ4n) is 3.71. The van der Waals surface area contributed by atoms with Crippen LogP contribution < -0.4 is 10.9 Å². The van der Waals surface area contributed by atoms with E-state index in [9.17, 15) is 14.0 Å². The van der Waals surface area contributed by atoms with E-state index in [1.807, 2.05) is 33.8 Å². The van der Waals surface area contributed by atoms with Crippen LogP contribution in [0.25, 0.3) is 17.0 Å². The summed E-state index contributed by atoms with van der Waals surface area (Å²) in [6.07, 6.45) is 3.27. The molecule has 3 aromatic heterocycles. The number of fused-ring (bicyclic) bond motifs is 1. The van der Waals surface area contributed by atoms with Crippen LogP contribution in [0, 0.1) is 12.7 Å². The van der Waals surface area contributed by atoms with Gasteiger partial charge in [-0.25, -0.2) is 8.91 Å². The molecule has 0 aliphatic heterocycles. The molecule has 3 heterocycles. The molecule has 1 aromatic carbocycles. The number of hydrogen-bond acceptors (Lipinski definition) is 4. The number of rotatable bonds is 5. The summed E-state index contributed by atoms with van der Waals surface area (Å²) in [5.74, 6) is -0.435. The zero-order chi connectivity index (χ0) is 23.0. The first-order valence-electron chi connectivity index (χ1n) is 10.4. The molecule has 1 unspecified atom stereocenters. The van der Waals surface area contributed by atoms with E-state index in [-0.39, 0.29) is 29.2 Å². The number of benzene rings is 1. The van der Waals surface area contributed by atoms with Crippen molar-refractivity contribution in [1.29, 1.82) is 0 Å². The van der Waals surface area contributed by atoms with Gasteiger partial charge in [0.2, 0.25) is 0 Å². The van der Waals surface area contributed by atoms with Crippen molar-refractivity contribution in [3.8, 4) is 11.5 Å². The molecular weight excluding hydrogens is 409 g/mol. The molecule has 0 fully saturated rings. The zero-order valence-electron chi connectivity index (χ0n) is 18.3. The highest BCUT2D eigenvalue weighted by Gasteiger charge is 2.24. The average Bonchev–Trinajstić information content (AvgIpc) is 3.15. The Morgan fingerprint density at radius 1 is 1.12 bits per heavy atom. The Balaban J connectivity index is 1.75. The minimum Gasteiger partial charge on any atom is -0.345 e. The van der Waals surface area contributed by atoms with E-state index in [0.717, 1.165) is 11.1 Å². The van der Waals surface area contributed by atoms with Gasteiger partial charge in [0.1, 0.15) is 17.0 Å². The number of aryl methyl sites for hydroxylation is 1. The summed E-state index contributed by atoms with van der Waals surface area (Å²) in [6.45, 7) is 7.59. The number of nitrogens with one attached hydrogen (secondary N) is 2. The van der Waals surface area contributed by atoms with Crippen molar-refractivity contribution in [3.63, 3.8) is 0 Å². The number of aromatic amines is 1. The molecule has 2 N–H and O–H groups in total. The topological polar surface area (TPSA) is 92.2 Å². The number of hydrogen-bond donors (Lipinski definition) is 2. The number of nitrogens with zero attached hydrogens (tertiary/aromatic N) is 3. The Labute approximate surface area is 184 Å². The van der Waals surface area contributed by atoms with Crippen molar-refractivity contribution in [3.05, 3.63) is 87.2 Å². The van der Waals surface area contributed by atoms with E-state index >= 15 is 0 Å². The molecule has 0 spiro atoms. The second-order valence-electron chi connectivity index (χ2n) is 8.17.